The van der Waals surface area contributed by atoms with E-state index >= 15 is 0 Å². The highest BCUT2D eigenvalue weighted by atomic mass is 16.5. The summed E-state index contributed by atoms with van der Waals surface area (Å²) in [6.45, 7) is 1.08. The van der Waals surface area contributed by atoms with Crippen LogP contribution in [0.1, 0.15) is 37.7 Å². The molecule has 148 valence electrons. The first kappa shape index (κ1) is 20.7. The first-order valence-corrected chi connectivity index (χ1v) is 9.22. The Morgan fingerprint density at radius 3 is 2.70 bits per heavy atom. The van der Waals surface area contributed by atoms with Gasteiger partial charge in [0.2, 0.25) is 5.91 Å². The third-order valence-electron chi connectivity index (χ3n) is 4.56. The number of nitrogens with zero attached hydrogens (tertiary/aromatic N) is 1. The number of amides is 2. The van der Waals surface area contributed by atoms with Crippen molar-refractivity contribution in [3.63, 3.8) is 0 Å². The highest BCUT2D eigenvalue weighted by Crippen LogP contribution is 2.19. The summed E-state index contributed by atoms with van der Waals surface area (Å²) in [4.78, 5) is 36.4. The van der Waals surface area contributed by atoms with E-state index in [2.05, 4.69) is 5.32 Å². The minimum absolute atomic E-state index is 0.215. The summed E-state index contributed by atoms with van der Waals surface area (Å²) in [5.41, 5.74) is 6.83. The second-order valence-electron chi connectivity index (χ2n) is 6.62. The van der Waals surface area contributed by atoms with Gasteiger partial charge in [0, 0.05) is 13.1 Å². The number of aliphatic carboxylic acids is 1. The van der Waals surface area contributed by atoms with Crippen LogP contribution in [-0.4, -0.2) is 53.1 Å². The van der Waals surface area contributed by atoms with E-state index in [0.717, 1.165) is 5.56 Å². The number of alkyl carbamates (subject to hydrolysis) is 1. The van der Waals surface area contributed by atoms with E-state index in [0.29, 0.717) is 45.2 Å². The first-order chi connectivity index (χ1) is 13.0. The second kappa shape index (κ2) is 10.5. The number of nitrogens with one attached hydrogen (secondary N) is 1. The molecule has 2 atom stereocenters. The number of unbranched alkanes of at least 4 members (excludes halogenated alkanes) is 1. The Morgan fingerprint density at radius 1 is 1.26 bits per heavy atom. The van der Waals surface area contributed by atoms with Gasteiger partial charge in [-0.15, -0.1) is 0 Å². The van der Waals surface area contributed by atoms with E-state index in [9.17, 15) is 14.4 Å². The van der Waals surface area contributed by atoms with E-state index in [1.807, 2.05) is 30.3 Å². The van der Waals surface area contributed by atoms with Gasteiger partial charge in [-0.2, -0.15) is 0 Å². The maximum absolute atomic E-state index is 12.3. The fourth-order valence-corrected chi connectivity index (χ4v) is 3.08. The third-order valence-corrected chi connectivity index (χ3v) is 4.56. The largest absolute Gasteiger partial charge is 0.480 e. The molecule has 2 amide bonds. The standard InChI is InChI=1S/C19H27N3O5/c20-15(17(23)22-12-6-10-16(22)18(24)25)9-4-5-11-21-19(26)27-13-14-7-2-1-3-8-14/h1-3,7-8,15-16H,4-6,9-13,20H2,(H,21,26)(H,24,25). The predicted molar refractivity (Wildman–Crippen MR) is 98.8 cm³/mol. The lowest BCUT2D eigenvalue weighted by Gasteiger charge is -2.24. The number of hydrogen-bond acceptors (Lipinski definition) is 5. The van der Waals surface area contributed by atoms with Crippen molar-refractivity contribution in [1.82, 2.24) is 10.2 Å². The Hall–Kier alpha value is -2.61. The Bertz CT molecular complexity index is 637. The average molecular weight is 377 g/mol. The molecule has 0 bridgehead atoms. The van der Waals surface area contributed by atoms with Gasteiger partial charge in [0.15, 0.2) is 0 Å². The van der Waals surface area contributed by atoms with Crippen LogP contribution in [0.5, 0.6) is 0 Å². The number of ether oxygens (including phenoxy) is 1. The van der Waals surface area contributed by atoms with Crippen LogP contribution >= 0.6 is 0 Å². The third kappa shape index (κ3) is 6.56. The summed E-state index contributed by atoms with van der Waals surface area (Å²) < 4.78 is 5.10. The molecule has 0 radical (unpaired) electrons. The highest BCUT2D eigenvalue weighted by Gasteiger charge is 2.35. The molecule has 1 aliphatic heterocycles. The maximum atomic E-state index is 12.3. The van der Waals surface area contributed by atoms with Crippen molar-refractivity contribution >= 4 is 18.0 Å². The monoisotopic (exact) mass is 377 g/mol. The molecule has 4 N–H and O–H groups in total. The van der Waals surface area contributed by atoms with Gasteiger partial charge in [0.05, 0.1) is 6.04 Å². The van der Waals surface area contributed by atoms with E-state index in [1.165, 1.54) is 4.90 Å². The van der Waals surface area contributed by atoms with Crippen molar-refractivity contribution in [2.45, 2.75) is 50.8 Å². The molecule has 8 nitrogen and oxygen atoms in total. The smallest absolute Gasteiger partial charge is 0.407 e. The van der Waals surface area contributed by atoms with E-state index in [1.54, 1.807) is 0 Å². The molecular weight excluding hydrogens is 350 g/mol. The van der Waals surface area contributed by atoms with E-state index in [-0.39, 0.29) is 12.5 Å². The van der Waals surface area contributed by atoms with Crippen LogP contribution in [0.3, 0.4) is 0 Å². The maximum Gasteiger partial charge on any atom is 0.407 e. The molecule has 0 aromatic heterocycles. The number of benzene rings is 1. The predicted octanol–water partition coefficient (Wildman–Crippen LogP) is 1.49. The number of carboxylic acid groups (broad SMARTS) is 1. The summed E-state index contributed by atoms with van der Waals surface area (Å²) in [7, 11) is 0. The molecule has 0 saturated carbocycles. The topological polar surface area (TPSA) is 122 Å². The highest BCUT2D eigenvalue weighted by molar-refractivity contribution is 5.87. The van der Waals surface area contributed by atoms with E-state index < -0.39 is 24.1 Å². The van der Waals surface area contributed by atoms with Crippen LogP contribution in [0.15, 0.2) is 30.3 Å². The molecule has 8 heteroatoms. The Kier molecular flexibility index (Phi) is 8.06. The molecular formula is C19H27N3O5. The van der Waals surface area contributed by atoms with Gasteiger partial charge in [-0.1, -0.05) is 30.3 Å². The van der Waals surface area contributed by atoms with Crippen molar-refractivity contribution in [3.8, 4) is 0 Å². The summed E-state index contributed by atoms with van der Waals surface area (Å²) in [5.74, 6) is -1.29. The zero-order valence-electron chi connectivity index (χ0n) is 15.3. The number of carbonyl (C=O) groups excluding carboxylic acids is 2. The van der Waals surface area contributed by atoms with Crippen molar-refractivity contribution in [1.29, 1.82) is 0 Å². The van der Waals surface area contributed by atoms with Gasteiger partial charge < -0.3 is 25.8 Å². The van der Waals surface area contributed by atoms with Crippen LogP contribution in [0.2, 0.25) is 0 Å². The van der Waals surface area contributed by atoms with Gasteiger partial charge in [0.1, 0.15) is 12.6 Å². The summed E-state index contributed by atoms with van der Waals surface area (Å²) in [5, 5.41) is 11.8. The van der Waals surface area contributed by atoms with Crippen molar-refractivity contribution < 1.29 is 24.2 Å². The van der Waals surface area contributed by atoms with Gasteiger partial charge >= 0.3 is 12.1 Å². The first-order valence-electron chi connectivity index (χ1n) is 9.22. The lowest BCUT2D eigenvalue weighted by molar-refractivity contribution is -0.148. The minimum Gasteiger partial charge on any atom is -0.480 e. The molecule has 1 heterocycles. The van der Waals surface area contributed by atoms with Crippen molar-refractivity contribution in [3.05, 3.63) is 35.9 Å². The molecule has 1 aliphatic rings. The van der Waals surface area contributed by atoms with Gasteiger partial charge in [-0.3, -0.25) is 4.79 Å². The van der Waals surface area contributed by atoms with Crippen molar-refractivity contribution in [2.24, 2.45) is 5.73 Å². The molecule has 0 spiro atoms. The van der Waals surface area contributed by atoms with Crippen LogP contribution in [-0.2, 0) is 20.9 Å². The van der Waals surface area contributed by atoms with Crippen LogP contribution in [0.25, 0.3) is 0 Å². The van der Waals surface area contributed by atoms with Gasteiger partial charge in [-0.25, -0.2) is 9.59 Å². The number of hydrogen-bond donors (Lipinski definition) is 3. The number of carboxylic acids is 1. The molecule has 2 unspecified atom stereocenters. The van der Waals surface area contributed by atoms with E-state index in [4.69, 9.17) is 15.6 Å². The summed E-state index contributed by atoms with van der Waals surface area (Å²) in [6, 6.07) is 7.93. The summed E-state index contributed by atoms with van der Waals surface area (Å²) >= 11 is 0. The molecule has 1 aromatic rings. The number of nitrogens with two attached hydrogens (primary N) is 1. The van der Waals surface area contributed by atoms with Crippen molar-refractivity contribution in [2.75, 3.05) is 13.1 Å². The lowest BCUT2D eigenvalue weighted by atomic mass is 10.1. The van der Waals surface area contributed by atoms with Crippen LogP contribution in [0.4, 0.5) is 4.79 Å². The number of rotatable bonds is 9. The number of likely N-dealkylation sites (tertiary alicyclic amines) is 1. The SMILES string of the molecule is NC(CCCCNC(=O)OCc1ccccc1)C(=O)N1CCCC1C(=O)O. The molecule has 27 heavy (non-hydrogen) atoms. The Balaban J connectivity index is 1.58. The molecule has 2 rings (SSSR count). The Labute approximate surface area is 158 Å². The molecule has 1 aromatic carbocycles. The normalized spacial score (nSPS) is 17.4. The quantitative estimate of drug-likeness (QED) is 0.561. The number of carbonyl (C=O) groups is 3. The van der Waals surface area contributed by atoms with Gasteiger partial charge in [0.25, 0.3) is 0 Å². The zero-order chi connectivity index (χ0) is 19.6. The minimum atomic E-state index is -0.980. The fraction of sp³-hybridized carbons (Fsp3) is 0.526. The van der Waals surface area contributed by atoms with Crippen LogP contribution < -0.4 is 11.1 Å². The van der Waals surface area contributed by atoms with Crippen LogP contribution in [0, 0.1) is 0 Å². The summed E-state index contributed by atoms with van der Waals surface area (Å²) in [6.07, 6.45) is 2.43. The average Bonchev–Trinajstić information content (AvgIpc) is 3.16. The second-order valence-corrected chi connectivity index (χ2v) is 6.62. The lowest BCUT2D eigenvalue weighted by Crippen LogP contribution is -2.48. The van der Waals surface area contributed by atoms with Gasteiger partial charge in [-0.05, 0) is 37.7 Å². The molecule has 1 saturated heterocycles. The fourth-order valence-electron chi connectivity index (χ4n) is 3.08. The zero-order valence-corrected chi connectivity index (χ0v) is 15.3. The Morgan fingerprint density at radius 2 is 2.00 bits per heavy atom. The molecule has 0 aliphatic carbocycles. The molecule has 1 fully saturated rings.